The smallest absolute Gasteiger partial charge is 0.163 e. The third-order valence-corrected chi connectivity index (χ3v) is 8.36. The maximum Gasteiger partial charge on any atom is 0.163 e. The summed E-state index contributed by atoms with van der Waals surface area (Å²) >= 11 is 0. The van der Waals surface area contributed by atoms with Crippen molar-refractivity contribution in [3.63, 3.8) is 0 Å². The highest BCUT2D eigenvalue weighted by atomic mass is 16.5. The molecule has 2 aromatic heterocycles. The first-order chi connectivity index (χ1) is 23.5. The van der Waals surface area contributed by atoms with Gasteiger partial charge in [-0.1, -0.05) is 100 Å². The largest absolute Gasteiger partial charge is 0.489 e. The van der Waals surface area contributed by atoms with E-state index < -0.39 is 0 Å². The predicted molar refractivity (Wildman–Crippen MR) is 191 cm³/mol. The lowest BCUT2D eigenvalue weighted by molar-refractivity contribution is 0.0727. The normalized spacial score (nSPS) is 11.9. The van der Waals surface area contributed by atoms with Crippen LogP contribution in [-0.2, 0) is 42.0 Å². The molecule has 0 atom stereocenters. The average Bonchev–Trinajstić information content (AvgIpc) is 3.77. The Morgan fingerprint density at radius 2 is 0.837 bits per heavy atom. The van der Waals surface area contributed by atoms with Gasteiger partial charge < -0.3 is 23.3 Å². The number of benzene rings is 4. The van der Waals surface area contributed by atoms with Crippen molar-refractivity contribution in [3.05, 3.63) is 143 Å². The molecule has 0 N–H and O–H groups in total. The van der Waals surface area contributed by atoms with E-state index >= 15 is 0 Å². The molecule has 6 aromatic rings. The van der Waals surface area contributed by atoms with E-state index in [2.05, 4.69) is 100 Å². The Kier molecular flexibility index (Phi) is 10.0. The van der Waals surface area contributed by atoms with Crippen molar-refractivity contribution >= 4 is 0 Å². The van der Waals surface area contributed by atoms with Crippen LogP contribution in [0.15, 0.2) is 118 Å². The summed E-state index contributed by atoms with van der Waals surface area (Å²) in [7, 11) is 0. The lowest BCUT2D eigenvalue weighted by Gasteiger charge is -2.19. The van der Waals surface area contributed by atoms with Crippen LogP contribution in [0.2, 0.25) is 0 Å². The molecule has 0 bridgehead atoms. The first-order valence-electron chi connectivity index (χ1n) is 16.6. The number of hydrogen-bond acceptors (Lipinski definition) is 7. The second-order valence-electron chi connectivity index (χ2n) is 14.4. The molecule has 0 saturated carbocycles. The summed E-state index contributed by atoms with van der Waals surface area (Å²) in [5, 5.41) is 8.43. The van der Waals surface area contributed by atoms with Crippen molar-refractivity contribution in [1.29, 1.82) is 0 Å². The maximum atomic E-state index is 6.00. The minimum atomic E-state index is 0.134. The minimum absolute atomic E-state index is 0.134. The van der Waals surface area contributed by atoms with E-state index in [1.54, 1.807) is 0 Å². The van der Waals surface area contributed by atoms with Crippen LogP contribution in [0.4, 0.5) is 0 Å². The fourth-order valence-corrected chi connectivity index (χ4v) is 5.27. The third kappa shape index (κ3) is 9.06. The lowest BCUT2D eigenvalue weighted by Crippen LogP contribution is -2.10. The molecule has 2 heterocycles. The molecule has 0 unspecified atom stereocenters. The van der Waals surface area contributed by atoms with Crippen molar-refractivity contribution in [2.24, 2.45) is 0 Å². The highest BCUT2D eigenvalue weighted by molar-refractivity contribution is 5.60. The Hall–Kier alpha value is -5.14. The minimum Gasteiger partial charge on any atom is -0.489 e. The molecule has 6 rings (SSSR count). The van der Waals surface area contributed by atoms with Crippen molar-refractivity contribution < 1.29 is 23.3 Å². The SMILES string of the molecule is CC(C)(C)c1ccc(COc2ccc(-c3cc(COCc4cc(-c5ccc(OCc6ccc(C(C)(C)C)cc6)cc5)no4)on3)cc2)cc1. The molecule has 0 aliphatic rings. The Labute approximate surface area is 288 Å². The van der Waals surface area contributed by atoms with Gasteiger partial charge in [0.15, 0.2) is 11.5 Å². The van der Waals surface area contributed by atoms with Crippen LogP contribution in [0.3, 0.4) is 0 Å². The van der Waals surface area contributed by atoms with Gasteiger partial charge in [0.1, 0.15) is 49.3 Å². The van der Waals surface area contributed by atoms with Gasteiger partial charge in [0.2, 0.25) is 0 Å². The van der Waals surface area contributed by atoms with Gasteiger partial charge in [-0.25, -0.2) is 0 Å². The van der Waals surface area contributed by atoms with E-state index in [1.165, 1.54) is 11.1 Å². The topological polar surface area (TPSA) is 79.8 Å². The highest BCUT2D eigenvalue weighted by Gasteiger charge is 2.15. The van der Waals surface area contributed by atoms with Crippen LogP contribution >= 0.6 is 0 Å². The molecule has 0 aliphatic heterocycles. The number of nitrogens with zero attached hydrogens (tertiary/aromatic N) is 2. The molecule has 0 radical (unpaired) electrons. The Morgan fingerprint density at radius 3 is 1.18 bits per heavy atom. The zero-order valence-corrected chi connectivity index (χ0v) is 29.2. The summed E-state index contributed by atoms with van der Waals surface area (Å²) in [5.41, 5.74) is 8.48. The highest BCUT2D eigenvalue weighted by Crippen LogP contribution is 2.27. The number of rotatable bonds is 12. The third-order valence-electron chi connectivity index (χ3n) is 8.36. The zero-order valence-electron chi connectivity index (χ0n) is 29.2. The predicted octanol–water partition coefficient (Wildman–Crippen LogP) is 10.5. The number of hydrogen-bond donors (Lipinski definition) is 0. The van der Waals surface area contributed by atoms with Crippen LogP contribution in [0, 0.1) is 0 Å². The fourth-order valence-electron chi connectivity index (χ4n) is 5.27. The molecule has 0 saturated heterocycles. The van der Waals surface area contributed by atoms with Gasteiger partial charge in [0, 0.05) is 23.3 Å². The lowest BCUT2D eigenvalue weighted by atomic mass is 9.87. The standard InChI is InChI=1S/C42H44N2O5/c1-41(2,3)33-15-7-29(8-16-33)25-46-35-19-11-31(12-20-35)39-23-37(48-43-39)27-45-28-38-24-40(44-49-38)32-13-21-36(22-14-32)47-26-30-9-17-34(18-10-30)42(4,5)6/h7-24H,25-28H2,1-6H3. The van der Waals surface area contributed by atoms with Crippen LogP contribution < -0.4 is 9.47 Å². The second-order valence-corrected chi connectivity index (χ2v) is 14.4. The molecule has 0 spiro atoms. The monoisotopic (exact) mass is 656 g/mol. The Bertz CT molecular complexity index is 1780. The molecule has 0 amide bonds. The summed E-state index contributed by atoms with van der Waals surface area (Å²) in [6.45, 7) is 14.8. The first-order valence-corrected chi connectivity index (χ1v) is 16.6. The summed E-state index contributed by atoms with van der Waals surface area (Å²) in [6, 6.07) is 36.6. The molecule has 49 heavy (non-hydrogen) atoms. The van der Waals surface area contributed by atoms with Gasteiger partial charge in [0.05, 0.1) is 0 Å². The van der Waals surface area contributed by atoms with E-state index in [9.17, 15) is 0 Å². The summed E-state index contributed by atoms with van der Waals surface area (Å²) in [6.07, 6.45) is 0. The van der Waals surface area contributed by atoms with E-state index in [4.69, 9.17) is 23.3 Å². The molecule has 4 aromatic carbocycles. The first kappa shape index (κ1) is 33.7. The second kappa shape index (κ2) is 14.5. The van der Waals surface area contributed by atoms with E-state index in [0.29, 0.717) is 24.7 Å². The van der Waals surface area contributed by atoms with E-state index in [1.807, 2.05) is 60.7 Å². The Balaban J connectivity index is 0.941. The van der Waals surface area contributed by atoms with Crippen molar-refractivity contribution in [3.8, 4) is 34.0 Å². The van der Waals surface area contributed by atoms with Gasteiger partial charge in [0.25, 0.3) is 0 Å². The number of aromatic nitrogens is 2. The van der Waals surface area contributed by atoms with Crippen LogP contribution in [0.5, 0.6) is 11.5 Å². The van der Waals surface area contributed by atoms with Crippen molar-refractivity contribution in [2.75, 3.05) is 0 Å². The molecule has 0 aliphatic carbocycles. The molecule has 0 fully saturated rings. The van der Waals surface area contributed by atoms with Gasteiger partial charge in [-0.2, -0.15) is 0 Å². The fraction of sp³-hybridized carbons (Fsp3) is 0.286. The maximum absolute atomic E-state index is 6.00. The van der Waals surface area contributed by atoms with E-state index in [-0.39, 0.29) is 24.0 Å². The van der Waals surface area contributed by atoms with Gasteiger partial charge in [-0.3, -0.25) is 0 Å². The number of ether oxygens (including phenoxy) is 3. The molecular weight excluding hydrogens is 612 g/mol. The molecule has 7 nitrogen and oxygen atoms in total. The molecule has 252 valence electrons. The average molecular weight is 657 g/mol. The van der Waals surface area contributed by atoms with Crippen LogP contribution in [-0.4, -0.2) is 10.3 Å². The van der Waals surface area contributed by atoms with Crippen molar-refractivity contribution in [2.45, 2.75) is 78.8 Å². The van der Waals surface area contributed by atoms with Crippen LogP contribution in [0.1, 0.15) is 75.3 Å². The van der Waals surface area contributed by atoms with Gasteiger partial charge in [-0.15, -0.1) is 0 Å². The van der Waals surface area contributed by atoms with Crippen LogP contribution in [0.25, 0.3) is 22.5 Å². The molecular formula is C42H44N2O5. The van der Waals surface area contributed by atoms with E-state index in [0.717, 1.165) is 45.1 Å². The van der Waals surface area contributed by atoms with Gasteiger partial charge >= 0.3 is 0 Å². The summed E-state index contributed by atoms with van der Waals surface area (Å²) in [4.78, 5) is 0. The van der Waals surface area contributed by atoms with Crippen molar-refractivity contribution in [1.82, 2.24) is 10.3 Å². The Morgan fingerprint density at radius 1 is 0.469 bits per heavy atom. The molecule has 7 heteroatoms. The summed E-state index contributed by atoms with van der Waals surface area (Å²) in [5.74, 6) is 2.83. The summed E-state index contributed by atoms with van der Waals surface area (Å²) < 4.78 is 28.9. The zero-order chi connectivity index (χ0) is 34.4. The quantitative estimate of drug-likeness (QED) is 0.130. The van der Waals surface area contributed by atoms with Gasteiger partial charge in [-0.05, 0) is 81.6 Å².